The second-order valence-corrected chi connectivity index (χ2v) is 5.00. The molecule has 0 atom stereocenters. The van der Waals surface area contributed by atoms with E-state index in [9.17, 15) is 9.59 Å². The van der Waals surface area contributed by atoms with E-state index >= 15 is 0 Å². The molecule has 0 saturated heterocycles. The third-order valence-corrected chi connectivity index (χ3v) is 3.50. The molecule has 0 aromatic heterocycles. The highest BCUT2D eigenvalue weighted by Crippen LogP contribution is 2.31. The zero-order valence-electron chi connectivity index (χ0n) is 12.5. The van der Waals surface area contributed by atoms with Gasteiger partial charge in [-0.15, -0.1) is 0 Å². The minimum Gasteiger partial charge on any atom is -0.466 e. The Morgan fingerprint density at radius 1 is 1.19 bits per heavy atom. The Bertz CT molecular complexity index is 605. The molecule has 0 spiro atoms. The Morgan fingerprint density at radius 3 is 2.62 bits per heavy atom. The topological polar surface area (TPSA) is 64.6 Å². The normalized spacial score (nSPS) is 13.6. The second kappa shape index (κ2) is 6.43. The van der Waals surface area contributed by atoms with Gasteiger partial charge in [-0.2, -0.15) is 0 Å². The average molecular weight is 289 g/mol. The number of methoxy groups -OCH3 is 2. The summed E-state index contributed by atoms with van der Waals surface area (Å²) in [6, 6.07) is 4.13. The van der Waals surface area contributed by atoms with Crippen molar-refractivity contribution in [1.29, 1.82) is 0 Å². The van der Waals surface area contributed by atoms with Crippen molar-refractivity contribution in [1.82, 2.24) is 0 Å². The summed E-state index contributed by atoms with van der Waals surface area (Å²) in [5.74, 6) is -1.21. The van der Waals surface area contributed by atoms with Gasteiger partial charge in [0.1, 0.15) is 5.70 Å². The monoisotopic (exact) mass is 289 g/mol. The molecule has 0 fully saturated rings. The number of ether oxygens (including phenoxy) is 2. The zero-order valence-corrected chi connectivity index (χ0v) is 12.5. The number of rotatable bonds is 4. The van der Waals surface area contributed by atoms with Crippen molar-refractivity contribution in [3.63, 3.8) is 0 Å². The van der Waals surface area contributed by atoms with E-state index in [2.05, 4.69) is 16.1 Å². The first-order valence-electron chi connectivity index (χ1n) is 6.82. The Balaban J connectivity index is 2.35. The maximum absolute atomic E-state index is 11.8. The van der Waals surface area contributed by atoms with Crippen LogP contribution < -0.4 is 5.32 Å². The summed E-state index contributed by atoms with van der Waals surface area (Å²) in [6.07, 6.45) is 4.21. The number of carbonyl (C=O) groups is 2. The minimum atomic E-state index is -0.604. The number of benzene rings is 1. The minimum absolute atomic E-state index is 0.0732. The van der Waals surface area contributed by atoms with Crippen molar-refractivity contribution in [2.75, 3.05) is 19.5 Å². The molecule has 2 rings (SSSR count). The van der Waals surface area contributed by atoms with Crippen molar-refractivity contribution in [2.24, 2.45) is 0 Å². The number of esters is 2. The van der Waals surface area contributed by atoms with Crippen LogP contribution in [0.2, 0.25) is 0 Å². The fourth-order valence-electron chi connectivity index (χ4n) is 2.55. The number of aryl methyl sites for hydroxylation is 2. The molecule has 0 saturated carbocycles. The van der Waals surface area contributed by atoms with Gasteiger partial charge in [-0.1, -0.05) is 6.07 Å². The molecule has 1 N–H and O–H groups in total. The van der Waals surface area contributed by atoms with Crippen molar-refractivity contribution in [2.45, 2.75) is 26.2 Å². The van der Waals surface area contributed by atoms with Gasteiger partial charge in [0.05, 0.1) is 20.3 Å². The van der Waals surface area contributed by atoms with Gasteiger partial charge in [-0.25, -0.2) is 9.59 Å². The highest BCUT2D eigenvalue weighted by atomic mass is 16.5. The van der Waals surface area contributed by atoms with Crippen molar-refractivity contribution < 1.29 is 19.1 Å². The van der Waals surface area contributed by atoms with E-state index in [1.54, 1.807) is 0 Å². The first-order valence-corrected chi connectivity index (χ1v) is 6.82. The number of hydrogen-bond acceptors (Lipinski definition) is 5. The molecule has 112 valence electrons. The van der Waals surface area contributed by atoms with Gasteiger partial charge in [-0.05, 0) is 48.9 Å². The lowest BCUT2D eigenvalue weighted by Crippen LogP contribution is -2.16. The number of nitrogens with one attached hydrogen (secondary N) is 1. The molecule has 5 nitrogen and oxygen atoms in total. The molecule has 0 bridgehead atoms. The molecule has 1 aromatic rings. The van der Waals surface area contributed by atoms with Gasteiger partial charge in [0.15, 0.2) is 0 Å². The standard InChI is InChI=1S/C16H19NO4/c1-10-7-11-5-4-6-12(11)13(8-10)17-14(16(19)21-3)9-15(18)20-2/h7-9,17H,4-6H2,1-3H3/b14-9+. The molecule has 0 radical (unpaired) electrons. The second-order valence-electron chi connectivity index (χ2n) is 5.00. The molecule has 0 heterocycles. The largest absolute Gasteiger partial charge is 0.466 e. The third-order valence-electron chi connectivity index (χ3n) is 3.50. The Kier molecular flexibility index (Phi) is 4.62. The first-order chi connectivity index (χ1) is 10.0. The van der Waals surface area contributed by atoms with E-state index in [0.717, 1.165) is 36.6 Å². The van der Waals surface area contributed by atoms with Gasteiger partial charge >= 0.3 is 11.9 Å². The van der Waals surface area contributed by atoms with E-state index in [1.165, 1.54) is 25.3 Å². The van der Waals surface area contributed by atoms with Crippen LogP contribution in [0.4, 0.5) is 5.69 Å². The van der Waals surface area contributed by atoms with Crippen LogP contribution >= 0.6 is 0 Å². The predicted molar refractivity (Wildman–Crippen MR) is 78.9 cm³/mol. The molecular weight excluding hydrogens is 270 g/mol. The summed E-state index contributed by atoms with van der Waals surface area (Å²) >= 11 is 0. The summed E-state index contributed by atoms with van der Waals surface area (Å²) < 4.78 is 9.27. The van der Waals surface area contributed by atoms with Crippen LogP contribution in [0.15, 0.2) is 23.9 Å². The van der Waals surface area contributed by atoms with Crippen molar-refractivity contribution >= 4 is 17.6 Å². The van der Waals surface area contributed by atoms with Gasteiger partial charge in [-0.3, -0.25) is 0 Å². The summed E-state index contributed by atoms with van der Waals surface area (Å²) in [5, 5.41) is 3.02. The molecule has 5 heteroatoms. The van der Waals surface area contributed by atoms with Crippen LogP contribution in [0.25, 0.3) is 0 Å². The number of fused-ring (bicyclic) bond motifs is 1. The fourth-order valence-corrected chi connectivity index (χ4v) is 2.55. The van der Waals surface area contributed by atoms with Gasteiger partial charge in [0.25, 0.3) is 0 Å². The number of hydrogen-bond donors (Lipinski definition) is 1. The van der Waals surface area contributed by atoms with Gasteiger partial charge < -0.3 is 14.8 Å². The average Bonchev–Trinajstić information content (AvgIpc) is 2.93. The number of anilines is 1. The van der Waals surface area contributed by atoms with Crippen LogP contribution in [-0.4, -0.2) is 26.2 Å². The lowest BCUT2D eigenvalue weighted by Gasteiger charge is -2.14. The molecule has 1 aliphatic rings. The van der Waals surface area contributed by atoms with E-state index in [4.69, 9.17) is 4.74 Å². The van der Waals surface area contributed by atoms with Crippen molar-refractivity contribution in [3.8, 4) is 0 Å². The fraction of sp³-hybridized carbons (Fsp3) is 0.375. The smallest absolute Gasteiger partial charge is 0.354 e. The molecule has 0 amide bonds. The van der Waals surface area contributed by atoms with Crippen molar-refractivity contribution in [3.05, 3.63) is 40.6 Å². The molecule has 1 aliphatic carbocycles. The van der Waals surface area contributed by atoms with E-state index in [-0.39, 0.29) is 5.70 Å². The van der Waals surface area contributed by atoms with Crippen LogP contribution in [0.1, 0.15) is 23.1 Å². The van der Waals surface area contributed by atoms with Gasteiger partial charge in [0, 0.05) is 5.69 Å². The highest BCUT2D eigenvalue weighted by molar-refractivity contribution is 5.98. The molecule has 0 aliphatic heterocycles. The summed E-state index contributed by atoms with van der Waals surface area (Å²) in [7, 11) is 2.54. The van der Waals surface area contributed by atoms with E-state index < -0.39 is 11.9 Å². The van der Waals surface area contributed by atoms with Crippen LogP contribution in [-0.2, 0) is 31.9 Å². The summed E-state index contributed by atoms with van der Waals surface area (Å²) in [4.78, 5) is 23.2. The van der Waals surface area contributed by atoms with E-state index in [0.29, 0.717) is 0 Å². The zero-order chi connectivity index (χ0) is 15.4. The van der Waals surface area contributed by atoms with Crippen LogP contribution in [0, 0.1) is 6.92 Å². The lowest BCUT2D eigenvalue weighted by molar-refractivity contribution is -0.138. The van der Waals surface area contributed by atoms with Gasteiger partial charge in [0.2, 0.25) is 0 Å². The third kappa shape index (κ3) is 3.42. The predicted octanol–water partition coefficient (Wildman–Crippen LogP) is 2.13. The lowest BCUT2D eigenvalue weighted by atomic mass is 10.0. The molecule has 0 unspecified atom stereocenters. The quantitative estimate of drug-likeness (QED) is 0.679. The first kappa shape index (κ1) is 15.1. The Hall–Kier alpha value is -2.30. The highest BCUT2D eigenvalue weighted by Gasteiger charge is 2.19. The summed E-state index contributed by atoms with van der Waals surface area (Å²) in [6.45, 7) is 2.01. The Morgan fingerprint density at radius 2 is 1.95 bits per heavy atom. The van der Waals surface area contributed by atoms with E-state index in [1.807, 2.05) is 13.0 Å². The molecule has 1 aromatic carbocycles. The molecule has 21 heavy (non-hydrogen) atoms. The maximum Gasteiger partial charge on any atom is 0.354 e. The summed E-state index contributed by atoms with van der Waals surface area (Å²) in [5.41, 5.74) is 4.52. The maximum atomic E-state index is 11.8. The SMILES string of the molecule is COC(=O)/C=C(/Nc1cc(C)cc2c1CCC2)C(=O)OC. The Labute approximate surface area is 123 Å². The molecular formula is C16H19NO4. The van der Waals surface area contributed by atoms with Crippen LogP contribution in [0.5, 0.6) is 0 Å². The van der Waals surface area contributed by atoms with Crippen LogP contribution in [0.3, 0.4) is 0 Å². The number of carbonyl (C=O) groups excluding carboxylic acids is 2.